The Labute approximate surface area is 117 Å². The minimum atomic E-state index is 0.308. The summed E-state index contributed by atoms with van der Waals surface area (Å²) < 4.78 is 7.10. The second-order valence-corrected chi connectivity index (χ2v) is 6.30. The summed E-state index contributed by atoms with van der Waals surface area (Å²) in [6, 6.07) is 6.17. The van der Waals surface area contributed by atoms with E-state index in [-0.39, 0.29) is 0 Å². The van der Waals surface area contributed by atoms with Crippen LogP contribution in [0.2, 0.25) is 0 Å². The van der Waals surface area contributed by atoms with Crippen molar-refractivity contribution in [2.45, 2.75) is 32.6 Å². The van der Waals surface area contributed by atoms with Gasteiger partial charge in [-0.3, -0.25) is 0 Å². The third kappa shape index (κ3) is 3.19. The lowest BCUT2D eigenvalue weighted by Gasteiger charge is -2.27. The fraction of sp³-hybridized carbons (Fsp3) is 0.571. The Kier molecular flexibility index (Phi) is 4.42. The van der Waals surface area contributed by atoms with Crippen LogP contribution in [0, 0.1) is 12.3 Å². The minimum Gasteiger partial charge on any atom is -0.493 e. The molecule has 1 aromatic carbocycles. The fourth-order valence-corrected chi connectivity index (χ4v) is 3.36. The maximum Gasteiger partial charge on any atom is 0.122 e. The van der Waals surface area contributed by atoms with Crippen LogP contribution in [0.15, 0.2) is 22.7 Å². The van der Waals surface area contributed by atoms with Crippen molar-refractivity contribution in [3.8, 4) is 5.75 Å². The van der Waals surface area contributed by atoms with Crippen molar-refractivity contribution in [3.05, 3.63) is 28.2 Å². The van der Waals surface area contributed by atoms with Gasteiger partial charge in [0.15, 0.2) is 0 Å². The molecule has 0 amide bonds. The molecule has 1 aliphatic carbocycles. The summed E-state index contributed by atoms with van der Waals surface area (Å²) in [6.45, 7) is 2.89. The van der Waals surface area contributed by atoms with Gasteiger partial charge in [-0.2, -0.15) is 12.6 Å². The SMILES string of the molecule is Cc1cc(Br)ccc1OCC1(CS)CCCC1. The summed E-state index contributed by atoms with van der Waals surface area (Å²) in [5.41, 5.74) is 1.49. The fourth-order valence-electron chi connectivity index (χ4n) is 2.48. The van der Waals surface area contributed by atoms with E-state index in [4.69, 9.17) is 4.74 Å². The lowest BCUT2D eigenvalue weighted by molar-refractivity contribution is 0.172. The van der Waals surface area contributed by atoms with Crippen LogP contribution in [0.25, 0.3) is 0 Å². The molecule has 2 rings (SSSR count). The van der Waals surface area contributed by atoms with Gasteiger partial charge in [0.25, 0.3) is 0 Å². The molecule has 0 atom stereocenters. The number of hydrogen-bond donors (Lipinski definition) is 1. The average molecular weight is 315 g/mol. The predicted molar refractivity (Wildman–Crippen MR) is 79.1 cm³/mol. The van der Waals surface area contributed by atoms with Gasteiger partial charge in [0.1, 0.15) is 5.75 Å². The molecular formula is C14H19BrOS. The van der Waals surface area contributed by atoms with Crippen molar-refractivity contribution in [1.29, 1.82) is 0 Å². The first-order chi connectivity index (χ1) is 8.15. The first kappa shape index (κ1) is 13.3. The van der Waals surface area contributed by atoms with Crippen LogP contribution in [0.5, 0.6) is 5.75 Å². The van der Waals surface area contributed by atoms with Gasteiger partial charge in [-0.05, 0) is 49.3 Å². The smallest absolute Gasteiger partial charge is 0.122 e. The zero-order valence-electron chi connectivity index (χ0n) is 10.2. The van der Waals surface area contributed by atoms with Crippen molar-refractivity contribution < 1.29 is 4.74 Å². The van der Waals surface area contributed by atoms with Crippen LogP contribution in [-0.4, -0.2) is 12.4 Å². The second kappa shape index (κ2) is 5.66. The highest BCUT2D eigenvalue weighted by Gasteiger charge is 2.33. The Morgan fingerprint density at radius 3 is 2.65 bits per heavy atom. The number of benzene rings is 1. The highest BCUT2D eigenvalue weighted by atomic mass is 79.9. The molecule has 0 aromatic heterocycles. The van der Waals surface area contributed by atoms with Gasteiger partial charge in [-0.25, -0.2) is 0 Å². The van der Waals surface area contributed by atoms with E-state index < -0.39 is 0 Å². The summed E-state index contributed by atoms with van der Waals surface area (Å²) in [7, 11) is 0. The molecule has 1 aliphatic rings. The van der Waals surface area contributed by atoms with Crippen molar-refractivity contribution in [2.75, 3.05) is 12.4 Å². The molecule has 0 radical (unpaired) electrons. The van der Waals surface area contributed by atoms with Crippen LogP contribution in [-0.2, 0) is 0 Å². The molecule has 0 N–H and O–H groups in total. The average Bonchev–Trinajstić information content (AvgIpc) is 2.77. The Morgan fingerprint density at radius 2 is 2.06 bits per heavy atom. The van der Waals surface area contributed by atoms with E-state index in [1.54, 1.807) is 0 Å². The Hall–Kier alpha value is -0.150. The quantitative estimate of drug-likeness (QED) is 0.797. The zero-order valence-corrected chi connectivity index (χ0v) is 12.7. The summed E-state index contributed by atoms with van der Waals surface area (Å²) in [5, 5.41) is 0. The molecule has 0 spiro atoms. The number of halogens is 1. The number of rotatable bonds is 4. The van der Waals surface area contributed by atoms with Crippen molar-refractivity contribution in [1.82, 2.24) is 0 Å². The zero-order chi connectivity index (χ0) is 12.3. The van der Waals surface area contributed by atoms with E-state index in [1.807, 2.05) is 12.1 Å². The van der Waals surface area contributed by atoms with Gasteiger partial charge < -0.3 is 4.74 Å². The molecule has 0 heterocycles. The van der Waals surface area contributed by atoms with Gasteiger partial charge in [0, 0.05) is 9.89 Å². The third-order valence-electron chi connectivity index (χ3n) is 3.67. The van der Waals surface area contributed by atoms with Crippen LogP contribution in [0.4, 0.5) is 0 Å². The molecule has 94 valence electrons. The molecule has 1 nitrogen and oxygen atoms in total. The summed E-state index contributed by atoms with van der Waals surface area (Å²) >= 11 is 7.97. The van der Waals surface area contributed by atoms with Crippen LogP contribution < -0.4 is 4.74 Å². The van der Waals surface area contributed by atoms with Crippen LogP contribution >= 0.6 is 28.6 Å². The van der Waals surface area contributed by atoms with Gasteiger partial charge in [0.2, 0.25) is 0 Å². The largest absolute Gasteiger partial charge is 0.493 e. The summed E-state index contributed by atoms with van der Waals surface area (Å²) in [6.07, 6.45) is 5.16. The number of ether oxygens (including phenoxy) is 1. The van der Waals surface area contributed by atoms with E-state index in [2.05, 4.69) is 41.5 Å². The van der Waals surface area contributed by atoms with E-state index in [0.717, 1.165) is 22.6 Å². The first-order valence-electron chi connectivity index (χ1n) is 6.15. The second-order valence-electron chi connectivity index (χ2n) is 5.06. The topological polar surface area (TPSA) is 9.23 Å². The van der Waals surface area contributed by atoms with Crippen molar-refractivity contribution >= 4 is 28.6 Å². The molecule has 3 heteroatoms. The number of thiol groups is 1. The van der Waals surface area contributed by atoms with Crippen molar-refractivity contribution in [3.63, 3.8) is 0 Å². The Bertz CT molecular complexity index is 386. The molecule has 1 fully saturated rings. The lowest BCUT2D eigenvalue weighted by Crippen LogP contribution is -2.27. The predicted octanol–water partition coefficient (Wildman–Crippen LogP) is 4.63. The van der Waals surface area contributed by atoms with E-state index in [0.29, 0.717) is 5.41 Å². The lowest BCUT2D eigenvalue weighted by atomic mass is 9.90. The molecule has 0 bridgehead atoms. The normalized spacial score (nSPS) is 18.3. The third-order valence-corrected chi connectivity index (χ3v) is 4.83. The summed E-state index contributed by atoms with van der Waals surface area (Å²) in [5.74, 6) is 1.93. The molecule has 0 aliphatic heterocycles. The highest BCUT2D eigenvalue weighted by Crippen LogP contribution is 2.39. The number of hydrogen-bond acceptors (Lipinski definition) is 2. The Morgan fingerprint density at radius 1 is 1.35 bits per heavy atom. The van der Waals surface area contributed by atoms with E-state index in [9.17, 15) is 0 Å². The van der Waals surface area contributed by atoms with E-state index in [1.165, 1.54) is 31.2 Å². The minimum absolute atomic E-state index is 0.308. The molecular weight excluding hydrogens is 296 g/mol. The van der Waals surface area contributed by atoms with Crippen LogP contribution in [0.3, 0.4) is 0 Å². The molecule has 0 unspecified atom stereocenters. The standard InChI is InChI=1S/C14H19BrOS/c1-11-8-12(15)4-5-13(11)16-9-14(10-17)6-2-3-7-14/h4-5,8,17H,2-3,6-7,9-10H2,1H3. The summed E-state index contributed by atoms with van der Waals surface area (Å²) in [4.78, 5) is 0. The van der Waals surface area contributed by atoms with Gasteiger partial charge in [-0.1, -0.05) is 28.8 Å². The maximum absolute atomic E-state index is 6.00. The number of aryl methyl sites for hydroxylation is 1. The van der Waals surface area contributed by atoms with Gasteiger partial charge >= 0.3 is 0 Å². The van der Waals surface area contributed by atoms with E-state index >= 15 is 0 Å². The van der Waals surface area contributed by atoms with Crippen LogP contribution in [0.1, 0.15) is 31.2 Å². The van der Waals surface area contributed by atoms with Gasteiger partial charge in [-0.15, -0.1) is 0 Å². The maximum atomic E-state index is 6.00. The van der Waals surface area contributed by atoms with Crippen molar-refractivity contribution in [2.24, 2.45) is 5.41 Å². The molecule has 17 heavy (non-hydrogen) atoms. The molecule has 1 aromatic rings. The molecule has 1 saturated carbocycles. The highest BCUT2D eigenvalue weighted by molar-refractivity contribution is 9.10. The first-order valence-corrected chi connectivity index (χ1v) is 7.58. The van der Waals surface area contributed by atoms with Gasteiger partial charge in [0.05, 0.1) is 6.61 Å². The molecule has 0 saturated heterocycles. The Balaban J connectivity index is 2.01. The monoisotopic (exact) mass is 314 g/mol.